The number of hydrogen-bond donors (Lipinski definition) is 1. The molecule has 68 valence electrons. The molecule has 0 atom stereocenters. The molecule has 1 heterocycles. The SMILES string of the molecule is C#CCN(C)C(=O)c1[nH]ncc1Br. The lowest BCUT2D eigenvalue weighted by Gasteiger charge is -2.12. The fraction of sp³-hybridized carbons (Fsp3) is 0.250. The predicted octanol–water partition coefficient (Wildman–Crippen LogP) is 0.877. The van der Waals surface area contributed by atoms with Gasteiger partial charge in [-0.25, -0.2) is 0 Å². The average molecular weight is 242 g/mol. The summed E-state index contributed by atoms with van der Waals surface area (Å²) in [7, 11) is 1.63. The van der Waals surface area contributed by atoms with Crippen molar-refractivity contribution < 1.29 is 4.79 Å². The predicted molar refractivity (Wildman–Crippen MR) is 52.1 cm³/mol. The summed E-state index contributed by atoms with van der Waals surface area (Å²) in [5.74, 6) is 2.21. The van der Waals surface area contributed by atoms with Crippen LogP contribution in [0.25, 0.3) is 0 Å². The van der Waals surface area contributed by atoms with E-state index in [1.807, 2.05) is 0 Å². The highest BCUT2D eigenvalue weighted by Gasteiger charge is 2.15. The van der Waals surface area contributed by atoms with Crippen LogP contribution in [0.5, 0.6) is 0 Å². The minimum absolute atomic E-state index is 0.178. The van der Waals surface area contributed by atoms with Crippen molar-refractivity contribution in [1.29, 1.82) is 0 Å². The van der Waals surface area contributed by atoms with Gasteiger partial charge in [0.15, 0.2) is 0 Å². The quantitative estimate of drug-likeness (QED) is 0.782. The van der Waals surface area contributed by atoms with Crippen LogP contribution in [0.15, 0.2) is 10.7 Å². The van der Waals surface area contributed by atoms with Crippen molar-refractivity contribution >= 4 is 21.8 Å². The normalized spacial score (nSPS) is 9.31. The van der Waals surface area contributed by atoms with Gasteiger partial charge in [0.1, 0.15) is 5.69 Å². The lowest BCUT2D eigenvalue weighted by molar-refractivity contribution is 0.0806. The number of H-pyrrole nitrogens is 1. The maximum Gasteiger partial charge on any atom is 0.273 e. The van der Waals surface area contributed by atoms with Crippen LogP contribution in [0.3, 0.4) is 0 Å². The first-order valence-corrected chi connectivity index (χ1v) is 4.34. The highest BCUT2D eigenvalue weighted by atomic mass is 79.9. The first-order chi connectivity index (χ1) is 6.16. The van der Waals surface area contributed by atoms with Gasteiger partial charge in [-0.05, 0) is 15.9 Å². The summed E-state index contributed by atoms with van der Waals surface area (Å²) < 4.78 is 0.640. The van der Waals surface area contributed by atoms with Gasteiger partial charge in [0, 0.05) is 7.05 Å². The number of rotatable bonds is 2. The minimum atomic E-state index is -0.178. The summed E-state index contributed by atoms with van der Waals surface area (Å²) in [6.45, 7) is 0.282. The molecule has 0 aliphatic rings. The summed E-state index contributed by atoms with van der Waals surface area (Å²) in [6.07, 6.45) is 6.60. The Morgan fingerprint density at radius 1 is 1.92 bits per heavy atom. The van der Waals surface area contributed by atoms with E-state index < -0.39 is 0 Å². The third-order valence-electron chi connectivity index (χ3n) is 1.48. The number of carbonyl (C=O) groups excluding carboxylic acids is 1. The Balaban J connectivity index is 2.81. The summed E-state index contributed by atoms with van der Waals surface area (Å²) in [5, 5.41) is 6.30. The molecule has 0 saturated heterocycles. The average Bonchev–Trinajstić information content (AvgIpc) is 2.50. The molecule has 1 aromatic heterocycles. The van der Waals surface area contributed by atoms with Gasteiger partial charge in [0.2, 0.25) is 0 Å². The summed E-state index contributed by atoms with van der Waals surface area (Å²) in [4.78, 5) is 13.0. The summed E-state index contributed by atoms with van der Waals surface area (Å²) in [6, 6.07) is 0. The topological polar surface area (TPSA) is 49.0 Å². The fourth-order valence-electron chi connectivity index (χ4n) is 0.821. The Morgan fingerprint density at radius 3 is 3.08 bits per heavy atom. The number of aromatic amines is 1. The first-order valence-electron chi connectivity index (χ1n) is 3.54. The minimum Gasteiger partial charge on any atom is -0.329 e. The lowest BCUT2D eigenvalue weighted by atomic mass is 10.4. The van der Waals surface area contributed by atoms with Gasteiger partial charge in [-0.1, -0.05) is 5.92 Å². The summed E-state index contributed by atoms with van der Waals surface area (Å²) >= 11 is 3.19. The van der Waals surface area contributed by atoms with Gasteiger partial charge in [0.05, 0.1) is 17.2 Å². The van der Waals surface area contributed by atoms with E-state index in [4.69, 9.17) is 6.42 Å². The highest BCUT2D eigenvalue weighted by Crippen LogP contribution is 2.13. The molecule has 0 aliphatic heterocycles. The zero-order chi connectivity index (χ0) is 9.84. The number of amides is 1. The van der Waals surface area contributed by atoms with Crippen molar-refractivity contribution in [3.8, 4) is 12.3 Å². The molecule has 1 amide bonds. The molecule has 1 N–H and O–H groups in total. The molecular weight excluding hydrogens is 234 g/mol. The van der Waals surface area contributed by atoms with Crippen LogP contribution in [0.4, 0.5) is 0 Å². The molecule has 1 rings (SSSR count). The van der Waals surface area contributed by atoms with Crippen LogP contribution in [0.1, 0.15) is 10.5 Å². The van der Waals surface area contributed by atoms with E-state index in [0.717, 1.165) is 0 Å². The van der Waals surface area contributed by atoms with Crippen LogP contribution in [0.2, 0.25) is 0 Å². The Morgan fingerprint density at radius 2 is 2.62 bits per heavy atom. The molecule has 0 fully saturated rings. The largest absolute Gasteiger partial charge is 0.329 e. The zero-order valence-electron chi connectivity index (χ0n) is 7.04. The number of aromatic nitrogens is 2. The van der Waals surface area contributed by atoms with E-state index in [1.54, 1.807) is 7.05 Å². The molecule has 0 spiro atoms. The van der Waals surface area contributed by atoms with Crippen molar-refractivity contribution in [2.45, 2.75) is 0 Å². The second-order valence-corrected chi connectivity index (χ2v) is 3.31. The first kappa shape index (κ1) is 9.81. The number of halogens is 1. The molecule has 0 unspecified atom stereocenters. The second-order valence-electron chi connectivity index (χ2n) is 2.46. The van der Waals surface area contributed by atoms with Crippen LogP contribution in [0, 0.1) is 12.3 Å². The number of hydrogen-bond acceptors (Lipinski definition) is 2. The van der Waals surface area contributed by atoms with Crippen LogP contribution < -0.4 is 0 Å². The molecule has 13 heavy (non-hydrogen) atoms. The highest BCUT2D eigenvalue weighted by molar-refractivity contribution is 9.10. The standard InChI is InChI=1S/C8H8BrN3O/c1-3-4-12(2)8(13)7-6(9)5-10-11-7/h1,5H,4H2,2H3,(H,10,11). The van der Waals surface area contributed by atoms with Crippen molar-refractivity contribution in [3.05, 3.63) is 16.4 Å². The molecule has 0 aromatic carbocycles. The van der Waals surface area contributed by atoms with Gasteiger partial charge < -0.3 is 4.90 Å². The Kier molecular flexibility index (Phi) is 3.09. The molecule has 4 nitrogen and oxygen atoms in total. The van der Waals surface area contributed by atoms with Crippen molar-refractivity contribution in [2.24, 2.45) is 0 Å². The van der Waals surface area contributed by atoms with Crippen molar-refractivity contribution in [2.75, 3.05) is 13.6 Å². The smallest absolute Gasteiger partial charge is 0.273 e. The van der Waals surface area contributed by atoms with Crippen LogP contribution in [-0.2, 0) is 0 Å². The third-order valence-corrected chi connectivity index (χ3v) is 2.08. The van der Waals surface area contributed by atoms with E-state index in [2.05, 4.69) is 32.0 Å². The molecule has 0 bridgehead atoms. The molecule has 5 heteroatoms. The number of carbonyl (C=O) groups is 1. The maximum atomic E-state index is 11.5. The van der Waals surface area contributed by atoms with Gasteiger partial charge in [-0.15, -0.1) is 6.42 Å². The Bertz CT molecular complexity index is 353. The number of terminal acetylenes is 1. The van der Waals surface area contributed by atoms with Crippen molar-refractivity contribution in [1.82, 2.24) is 15.1 Å². The molecular formula is C8H8BrN3O. The van der Waals surface area contributed by atoms with Gasteiger partial charge >= 0.3 is 0 Å². The Labute approximate surface area is 84.4 Å². The van der Waals surface area contributed by atoms with Crippen molar-refractivity contribution in [3.63, 3.8) is 0 Å². The van der Waals surface area contributed by atoms with E-state index in [0.29, 0.717) is 10.2 Å². The summed E-state index contributed by atoms with van der Waals surface area (Å²) in [5.41, 5.74) is 0.415. The molecule has 0 saturated carbocycles. The Hall–Kier alpha value is -1.28. The molecule has 1 aromatic rings. The maximum absolute atomic E-state index is 11.5. The van der Waals surface area contributed by atoms with E-state index >= 15 is 0 Å². The second kappa shape index (κ2) is 4.10. The van der Waals surface area contributed by atoms with E-state index in [1.165, 1.54) is 11.1 Å². The zero-order valence-corrected chi connectivity index (χ0v) is 8.63. The molecule has 0 radical (unpaired) electrons. The van der Waals surface area contributed by atoms with E-state index in [-0.39, 0.29) is 12.5 Å². The van der Waals surface area contributed by atoms with Gasteiger partial charge in [-0.2, -0.15) is 5.10 Å². The van der Waals surface area contributed by atoms with Crippen LogP contribution >= 0.6 is 15.9 Å². The number of nitrogens with zero attached hydrogens (tertiary/aromatic N) is 2. The van der Waals surface area contributed by atoms with E-state index in [9.17, 15) is 4.79 Å². The van der Waals surface area contributed by atoms with Gasteiger partial charge in [-0.3, -0.25) is 9.89 Å². The monoisotopic (exact) mass is 241 g/mol. The number of nitrogens with one attached hydrogen (secondary N) is 1. The third kappa shape index (κ3) is 2.10. The molecule has 0 aliphatic carbocycles. The fourth-order valence-corrected chi connectivity index (χ4v) is 1.18. The lowest BCUT2D eigenvalue weighted by Crippen LogP contribution is -2.27. The van der Waals surface area contributed by atoms with Crippen LogP contribution in [-0.4, -0.2) is 34.6 Å². The van der Waals surface area contributed by atoms with Gasteiger partial charge in [0.25, 0.3) is 5.91 Å².